The maximum absolute atomic E-state index is 11.0. The van der Waals surface area contributed by atoms with E-state index in [1.54, 1.807) is 0 Å². The molecule has 0 spiro atoms. The smallest absolute Gasteiger partial charge is 0.358 e. The Morgan fingerprint density at radius 2 is 2.14 bits per heavy atom. The minimum absolute atomic E-state index is 0.0901. The van der Waals surface area contributed by atoms with Crippen molar-refractivity contribution in [2.24, 2.45) is 0 Å². The van der Waals surface area contributed by atoms with Crippen LogP contribution in [0.3, 0.4) is 0 Å². The number of carboxylic acid groups (broad SMARTS) is 1. The van der Waals surface area contributed by atoms with Crippen LogP contribution in [0.15, 0.2) is 24.3 Å². The highest BCUT2D eigenvalue weighted by molar-refractivity contribution is 5.86. The van der Waals surface area contributed by atoms with Gasteiger partial charge >= 0.3 is 5.97 Å². The van der Waals surface area contributed by atoms with E-state index in [0.717, 1.165) is 11.3 Å². The quantitative estimate of drug-likeness (QED) is 0.832. The molecule has 0 amide bonds. The highest BCUT2D eigenvalue weighted by Gasteiger charge is 2.18. The Kier molecular flexibility index (Phi) is 4.89. The Hall–Kier alpha value is -2.41. The molecule has 0 bridgehead atoms. The number of carboxylic acids is 1. The SMILES string of the molecule is COCc1c(C(=O)O)nnn1CCOc1ccccc1C. The number of hydrogen-bond donors (Lipinski definition) is 1. The Balaban J connectivity index is 2.03. The van der Waals surface area contributed by atoms with Crippen LogP contribution in [-0.2, 0) is 17.9 Å². The molecule has 2 aromatic rings. The molecule has 0 aliphatic carbocycles. The topological polar surface area (TPSA) is 86.5 Å². The zero-order chi connectivity index (χ0) is 15.2. The van der Waals surface area contributed by atoms with Gasteiger partial charge in [0.05, 0.1) is 18.8 Å². The van der Waals surface area contributed by atoms with Crippen molar-refractivity contribution < 1.29 is 19.4 Å². The fraction of sp³-hybridized carbons (Fsp3) is 0.357. The third kappa shape index (κ3) is 3.57. The molecular formula is C14H17N3O4. The van der Waals surface area contributed by atoms with Crippen molar-refractivity contribution in [1.29, 1.82) is 0 Å². The Bertz CT molecular complexity index is 624. The second-order valence-corrected chi connectivity index (χ2v) is 4.46. The second kappa shape index (κ2) is 6.85. The first-order valence-electron chi connectivity index (χ1n) is 6.46. The van der Waals surface area contributed by atoms with Gasteiger partial charge in [-0.05, 0) is 18.6 Å². The summed E-state index contributed by atoms with van der Waals surface area (Å²) in [5.74, 6) is -0.322. The van der Waals surface area contributed by atoms with E-state index in [1.807, 2.05) is 31.2 Å². The highest BCUT2D eigenvalue weighted by atomic mass is 16.5. The van der Waals surface area contributed by atoms with Crippen LogP contribution >= 0.6 is 0 Å². The van der Waals surface area contributed by atoms with Gasteiger partial charge in [0.1, 0.15) is 12.4 Å². The summed E-state index contributed by atoms with van der Waals surface area (Å²) in [4.78, 5) is 11.0. The number of nitrogens with zero attached hydrogens (tertiary/aromatic N) is 3. The van der Waals surface area contributed by atoms with E-state index in [1.165, 1.54) is 11.8 Å². The van der Waals surface area contributed by atoms with Gasteiger partial charge < -0.3 is 14.6 Å². The van der Waals surface area contributed by atoms with Gasteiger partial charge in [0, 0.05) is 7.11 Å². The zero-order valence-corrected chi connectivity index (χ0v) is 11.9. The molecule has 0 radical (unpaired) electrons. The van der Waals surface area contributed by atoms with E-state index in [4.69, 9.17) is 14.6 Å². The standard InChI is InChI=1S/C14H17N3O4/c1-10-5-3-4-6-12(10)21-8-7-17-11(9-20-2)13(14(18)19)15-16-17/h3-6H,7-9H2,1-2H3,(H,18,19). The van der Waals surface area contributed by atoms with Crippen LogP contribution in [0.25, 0.3) is 0 Å². The van der Waals surface area contributed by atoms with Gasteiger partial charge in [0.2, 0.25) is 0 Å². The lowest BCUT2D eigenvalue weighted by Gasteiger charge is -2.10. The number of carbonyl (C=O) groups is 1. The minimum atomic E-state index is -1.12. The van der Waals surface area contributed by atoms with Crippen LogP contribution in [0.1, 0.15) is 21.7 Å². The Morgan fingerprint density at radius 3 is 2.81 bits per heavy atom. The normalized spacial score (nSPS) is 10.6. The van der Waals surface area contributed by atoms with Crippen LogP contribution in [0.5, 0.6) is 5.75 Å². The predicted molar refractivity (Wildman–Crippen MR) is 74.4 cm³/mol. The number of benzene rings is 1. The summed E-state index contributed by atoms with van der Waals surface area (Å²) in [5.41, 5.74) is 1.38. The van der Waals surface area contributed by atoms with Crippen molar-refractivity contribution in [2.75, 3.05) is 13.7 Å². The molecule has 1 aromatic carbocycles. The number of hydrogen-bond acceptors (Lipinski definition) is 5. The van der Waals surface area contributed by atoms with Gasteiger partial charge in [-0.1, -0.05) is 23.4 Å². The summed E-state index contributed by atoms with van der Waals surface area (Å²) < 4.78 is 12.2. The van der Waals surface area contributed by atoms with Crippen molar-refractivity contribution in [3.63, 3.8) is 0 Å². The first kappa shape index (κ1) is 15.0. The van der Waals surface area contributed by atoms with Crippen LogP contribution < -0.4 is 4.74 Å². The molecule has 0 saturated carbocycles. The minimum Gasteiger partial charge on any atom is -0.491 e. The van der Waals surface area contributed by atoms with Gasteiger partial charge in [-0.3, -0.25) is 0 Å². The fourth-order valence-electron chi connectivity index (χ4n) is 1.92. The molecule has 0 unspecified atom stereocenters. The molecule has 2 rings (SSSR count). The lowest BCUT2D eigenvalue weighted by molar-refractivity contribution is 0.0684. The highest BCUT2D eigenvalue weighted by Crippen LogP contribution is 2.16. The van der Waals surface area contributed by atoms with Crippen LogP contribution in [0.2, 0.25) is 0 Å². The van der Waals surface area contributed by atoms with E-state index >= 15 is 0 Å². The van der Waals surface area contributed by atoms with Crippen LogP contribution in [-0.4, -0.2) is 39.8 Å². The Labute approximate surface area is 122 Å². The average molecular weight is 291 g/mol. The number of aromatic nitrogens is 3. The second-order valence-electron chi connectivity index (χ2n) is 4.46. The van der Waals surface area contributed by atoms with Gasteiger partial charge in [-0.25, -0.2) is 9.48 Å². The third-order valence-electron chi connectivity index (χ3n) is 2.98. The third-order valence-corrected chi connectivity index (χ3v) is 2.98. The molecule has 112 valence electrons. The number of para-hydroxylation sites is 1. The molecular weight excluding hydrogens is 274 g/mol. The summed E-state index contributed by atoms with van der Waals surface area (Å²) in [5, 5.41) is 16.5. The molecule has 7 heteroatoms. The van der Waals surface area contributed by atoms with E-state index in [0.29, 0.717) is 18.8 Å². The zero-order valence-electron chi connectivity index (χ0n) is 11.9. The number of aryl methyl sites for hydroxylation is 1. The van der Waals surface area contributed by atoms with E-state index in [-0.39, 0.29) is 12.3 Å². The molecule has 0 fully saturated rings. The molecule has 0 atom stereocenters. The summed E-state index contributed by atoms with van der Waals surface area (Å²) in [6.07, 6.45) is 0. The summed E-state index contributed by atoms with van der Waals surface area (Å²) in [6, 6.07) is 7.69. The van der Waals surface area contributed by atoms with Gasteiger partial charge in [0.25, 0.3) is 0 Å². The maximum Gasteiger partial charge on any atom is 0.358 e. The first-order valence-corrected chi connectivity index (χ1v) is 6.46. The van der Waals surface area contributed by atoms with Crippen molar-refractivity contribution in [1.82, 2.24) is 15.0 Å². The fourth-order valence-corrected chi connectivity index (χ4v) is 1.92. The predicted octanol–water partition coefficient (Wildman–Crippen LogP) is 1.51. The number of rotatable bonds is 7. The molecule has 0 aliphatic heterocycles. The number of methoxy groups -OCH3 is 1. The van der Waals surface area contributed by atoms with Crippen LogP contribution in [0, 0.1) is 6.92 Å². The average Bonchev–Trinajstić information content (AvgIpc) is 2.85. The molecule has 1 aromatic heterocycles. The van der Waals surface area contributed by atoms with Gasteiger partial charge in [0.15, 0.2) is 5.69 Å². The molecule has 1 N–H and O–H groups in total. The summed E-state index contributed by atoms with van der Waals surface area (Å²) in [6.45, 7) is 2.86. The van der Waals surface area contributed by atoms with Crippen molar-refractivity contribution in [3.05, 3.63) is 41.2 Å². The largest absolute Gasteiger partial charge is 0.491 e. The maximum atomic E-state index is 11.0. The molecule has 7 nitrogen and oxygen atoms in total. The Morgan fingerprint density at radius 1 is 1.38 bits per heavy atom. The molecule has 1 heterocycles. The van der Waals surface area contributed by atoms with Crippen LogP contribution in [0.4, 0.5) is 0 Å². The van der Waals surface area contributed by atoms with E-state index < -0.39 is 5.97 Å². The summed E-state index contributed by atoms with van der Waals surface area (Å²) in [7, 11) is 1.49. The van der Waals surface area contributed by atoms with Crippen molar-refractivity contribution in [2.45, 2.75) is 20.1 Å². The van der Waals surface area contributed by atoms with Gasteiger partial charge in [-0.2, -0.15) is 0 Å². The first-order chi connectivity index (χ1) is 10.1. The lowest BCUT2D eigenvalue weighted by Crippen LogP contribution is -2.14. The lowest BCUT2D eigenvalue weighted by atomic mass is 10.2. The molecule has 21 heavy (non-hydrogen) atoms. The van der Waals surface area contributed by atoms with E-state index in [2.05, 4.69) is 10.3 Å². The monoisotopic (exact) mass is 291 g/mol. The van der Waals surface area contributed by atoms with Crippen molar-refractivity contribution >= 4 is 5.97 Å². The molecule has 0 saturated heterocycles. The number of ether oxygens (including phenoxy) is 2. The summed E-state index contributed by atoms with van der Waals surface area (Å²) >= 11 is 0. The van der Waals surface area contributed by atoms with Gasteiger partial charge in [-0.15, -0.1) is 5.10 Å². The number of aromatic carboxylic acids is 1. The molecule has 0 aliphatic rings. The van der Waals surface area contributed by atoms with E-state index in [9.17, 15) is 4.79 Å². The van der Waals surface area contributed by atoms with Crippen molar-refractivity contribution in [3.8, 4) is 5.75 Å².